The molecule has 47 heavy (non-hydrogen) atoms. The number of carboxylic acid groups (broad SMARTS) is 1. The Morgan fingerprint density at radius 2 is 1.11 bits per heavy atom. The van der Waals surface area contributed by atoms with E-state index in [1.165, 1.54) is 0 Å². The zero-order valence-electron chi connectivity index (χ0n) is 26.7. The molecule has 0 aliphatic carbocycles. The van der Waals surface area contributed by atoms with Gasteiger partial charge in [-0.15, -0.1) is 0 Å². The lowest BCUT2D eigenvalue weighted by Crippen LogP contribution is -2.47. The Kier molecular flexibility index (Phi) is 21.5. The van der Waals surface area contributed by atoms with Crippen LogP contribution in [0.2, 0.25) is 0 Å². The molecule has 1 atom stereocenters. The molecule has 0 heterocycles. The van der Waals surface area contributed by atoms with Gasteiger partial charge >= 0.3 is 18.2 Å². The van der Waals surface area contributed by atoms with Crippen molar-refractivity contribution in [1.29, 1.82) is 0 Å². The molecule has 2 rings (SSSR count). The molecule has 3 amide bonds. The van der Waals surface area contributed by atoms with Crippen LogP contribution in [0.15, 0.2) is 60.7 Å². The summed E-state index contributed by atoms with van der Waals surface area (Å²) in [5.74, 6) is -1.28. The van der Waals surface area contributed by atoms with Crippen molar-refractivity contribution in [3.63, 3.8) is 0 Å². The van der Waals surface area contributed by atoms with Gasteiger partial charge in [-0.05, 0) is 30.4 Å². The van der Waals surface area contributed by atoms with Crippen molar-refractivity contribution in [2.24, 2.45) is 0 Å². The van der Waals surface area contributed by atoms with E-state index < -0.39 is 24.2 Å². The van der Waals surface area contributed by atoms with Gasteiger partial charge in [-0.3, -0.25) is 9.59 Å². The molecule has 2 aromatic rings. The van der Waals surface area contributed by atoms with E-state index in [1.807, 2.05) is 60.7 Å². The number of hydrogen-bond donors (Lipinski definition) is 4. The van der Waals surface area contributed by atoms with Gasteiger partial charge in [0.25, 0.3) is 0 Å². The van der Waals surface area contributed by atoms with E-state index in [1.54, 1.807) is 0 Å². The molecule has 0 saturated carbocycles. The van der Waals surface area contributed by atoms with E-state index in [-0.39, 0.29) is 45.3 Å². The monoisotopic (exact) mass is 661 g/mol. The lowest BCUT2D eigenvalue weighted by atomic mass is 10.1. The van der Waals surface area contributed by atoms with Crippen LogP contribution in [0.1, 0.15) is 36.8 Å². The number of alkyl carbamates (subject to hydrolysis) is 2. The van der Waals surface area contributed by atoms with Crippen molar-refractivity contribution in [2.45, 2.75) is 44.9 Å². The highest BCUT2D eigenvalue weighted by Crippen LogP contribution is 2.05. The predicted molar refractivity (Wildman–Crippen MR) is 171 cm³/mol. The lowest BCUT2D eigenvalue weighted by molar-refractivity contribution is -0.138. The summed E-state index contributed by atoms with van der Waals surface area (Å²) in [7, 11) is 0. The second-order valence-corrected chi connectivity index (χ2v) is 10.1. The fourth-order valence-corrected chi connectivity index (χ4v) is 3.90. The van der Waals surface area contributed by atoms with Gasteiger partial charge in [-0.2, -0.15) is 0 Å². The van der Waals surface area contributed by atoms with Crippen LogP contribution in [0.25, 0.3) is 0 Å². The van der Waals surface area contributed by atoms with Crippen molar-refractivity contribution in [2.75, 3.05) is 65.9 Å². The third-order valence-corrected chi connectivity index (χ3v) is 6.34. The summed E-state index contributed by atoms with van der Waals surface area (Å²) in [6, 6.07) is 17.7. The number of carboxylic acids is 1. The summed E-state index contributed by atoms with van der Waals surface area (Å²) in [6.07, 6.45) is 0.174. The molecule has 14 heteroatoms. The first-order chi connectivity index (χ1) is 22.9. The van der Waals surface area contributed by atoms with Crippen LogP contribution in [-0.4, -0.2) is 101 Å². The molecule has 0 radical (unpaired) electrons. The summed E-state index contributed by atoms with van der Waals surface area (Å²) >= 11 is 0. The van der Waals surface area contributed by atoms with E-state index in [0.717, 1.165) is 11.1 Å². The van der Waals surface area contributed by atoms with Gasteiger partial charge in [-0.25, -0.2) is 9.59 Å². The molecule has 2 aromatic carbocycles. The predicted octanol–water partition coefficient (Wildman–Crippen LogP) is 3.04. The second-order valence-electron chi connectivity index (χ2n) is 10.1. The average Bonchev–Trinajstić information content (AvgIpc) is 3.08. The fourth-order valence-electron chi connectivity index (χ4n) is 3.90. The van der Waals surface area contributed by atoms with E-state index in [0.29, 0.717) is 65.4 Å². The van der Waals surface area contributed by atoms with Gasteiger partial charge < -0.3 is 49.5 Å². The zero-order valence-corrected chi connectivity index (χ0v) is 26.7. The maximum atomic E-state index is 12.9. The largest absolute Gasteiger partial charge is 0.481 e. The minimum absolute atomic E-state index is 0.0386. The highest BCUT2D eigenvalue weighted by molar-refractivity contribution is 5.85. The van der Waals surface area contributed by atoms with Crippen LogP contribution in [0.3, 0.4) is 0 Å². The summed E-state index contributed by atoms with van der Waals surface area (Å²) in [5, 5.41) is 16.6. The first-order valence-corrected chi connectivity index (χ1v) is 15.7. The van der Waals surface area contributed by atoms with Gasteiger partial charge in [0.2, 0.25) is 5.91 Å². The van der Waals surface area contributed by atoms with Crippen molar-refractivity contribution >= 4 is 24.1 Å². The molecular formula is C33H47N3O11. The molecule has 0 saturated heterocycles. The maximum absolute atomic E-state index is 12.9. The van der Waals surface area contributed by atoms with Crippen LogP contribution in [-0.2, 0) is 51.2 Å². The number of amides is 3. The number of hydrogen-bond acceptors (Lipinski definition) is 10. The highest BCUT2D eigenvalue weighted by atomic mass is 16.6. The van der Waals surface area contributed by atoms with Gasteiger partial charge in [0.15, 0.2) is 0 Å². The molecule has 0 aliphatic heterocycles. The van der Waals surface area contributed by atoms with Crippen molar-refractivity contribution < 1.29 is 52.7 Å². The molecule has 260 valence electrons. The van der Waals surface area contributed by atoms with Crippen LogP contribution in [0.5, 0.6) is 0 Å². The van der Waals surface area contributed by atoms with E-state index >= 15 is 0 Å². The minimum Gasteiger partial charge on any atom is -0.481 e. The number of carbonyl (C=O) groups excluding carboxylic acids is 3. The molecule has 0 fully saturated rings. The number of carbonyl (C=O) groups is 4. The molecular weight excluding hydrogens is 614 g/mol. The summed E-state index contributed by atoms with van der Waals surface area (Å²) in [5.41, 5.74) is 1.71. The molecule has 0 aliphatic rings. The first-order valence-electron chi connectivity index (χ1n) is 15.7. The van der Waals surface area contributed by atoms with Crippen LogP contribution in [0.4, 0.5) is 9.59 Å². The zero-order chi connectivity index (χ0) is 33.8. The molecule has 0 spiro atoms. The average molecular weight is 662 g/mol. The van der Waals surface area contributed by atoms with Crippen LogP contribution < -0.4 is 16.0 Å². The van der Waals surface area contributed by atoms with E-state index in [9.17, 15) is 19.2 Å². The SMILES string of the molecule is O=C(O)CCOCCOCCOCCOCCNC(=O)[C@H](CCCCNC(=O)OCc1ccccc1)NC(=O)OCc1ccccc1. The number of benzene rings is 2. The number of aliphatic carboxylic acids is 1. The standard InChI is InChI=1S/C33H47N3O11/c37-30(38)14-17-42-19-21-44-23-24-45-22-20-43-18-16-34-31(39)29(36-33(41)47-26-28-11-5-2-6-12-28)13-7-8-15-35-32(40)46-25-27-9-3-1-4-10-27/h1-6,9-12,29H,7-8,13-26H2,(H,34,39)(H,35,40)(H,36,41)(H,37,38)/t29-/m0/s1. The summed E-state index contributed by atoms with van der Waals surface area (Å²) < 4.78 is 31.9. The molecule has 0 unspecified atom stereocenters. The Labute approximate surface area is 275 Å². The minimum atomic E-state index is -0.904. The number of nitrogens with one attached hydrogen (secondary N) is 3. The Morgan fingerprint density at radius 1 is 0.596 bits per heavy atom. The van der Waals surface area contributed by atoms with Gasteiger partial charge in [-0.1, -0.05) is 60.7 Å². The van der Waals surface area contributed by atoms with Crippen LogP contribution >= 0.6 is 0 Å². The normalized spacial score (nSPS) is 11.3. The van der Waals surface area contributed by atoms with Crippen molar-refractivity contribution in [1.82, 2.24) is 16.0 Å². The molecule has 4 N–H and O–H groups in total. The smallest absolute Gasteiger partial charge is 0.408 e. The van der Waals surface area contributed by atoms with E-state index in [4.69, 9.17) is 33.5 Å². The van der Waals surface area contributed by atoms with E-state index in [2.05, 4.69) is 16.0 Å². The van der Waals surface area contributed by atoms with Crippen molar-refractivity contribution in [3.8, 4) is 0 Å². The topological polar surface area (TPSA) is 180 Å². The molecule has 0 bridgehead atoms. The maximum Gasteiger partial charge on any atom is 0.408 e. The summed E-state index contributed by atoms with van der Waals surface area (Å²) in [4.78, 5) is 47.7. The van der Waals surface area contributed by atoms with Gasteiger partial charge in [0.05, 0.1) is 59.3 Å². The summed E-state index contributed by atoms with van der Waals surface area (Å²) in [6.45, 7) is 3.30. The first kappa shape index (κ1) is 38.9. The molecule has 14 nitrogen and oxygen atoms in total. The third-order valence-electron chi connectivity index (χ3n) is 6.34. The quantitative estimate of drug-likeness (QED) is 0.109. The lowest BCUT2D eigenvalue weighted by Gasteiger charge is -2.18. The van der Waals surface area contributed by atoms with Crippen molar-refractivity contribution in [3.05, 3.63) is 71.8 Å². The Morgan fingerprint density at radius 3 is 1.66 bits per heavy atom. The number of unbranched alkanes of at least 4 members (excludes halogenated alkanes) is 1. The van der Waals surface area contributed by atoms with Gasteiger partial charge in [0, 0.05) is 13.1 Å². The Balaban J connectivity index is 1.60. The molecule has 0 aromatic heterocycles. The Bertz CT molecular complexity index is 1140. The number of rotatable bonds is 26. The van der Waals surface area contributed by atoms with Gasteiger partial charge in [0.1, 0.15) is 19.3 Å². The second kappa shape index (κ2) is 25.9. The Hall–Kier alpha value is -4.24. The number of ether oxygens (including phenoxy) is 6. The fraction of sp³-hybridized carbons (Fsp3) is 0.515. The third kappa shape index (κ3) is 21.2. The highest BCUT2D eigenvalue weighted by Gasteiger charge is 2.21. The van der Waals surface area contributed by atoms with Crippen LogP contribution in [0, 0.1) is 0 Å².